The van der Waals surface area contributed by atoms with Gasteiger partial charge in [0.1, 0.15) is 5.01 Å². The molecule has 9 heteroatoms. The summed E-state index contributed by atoms with van der Waals surface area (Å²) in [5.74, 6) is -0.288. The van der Waals surface area contributed by atoms with Gasteiger partial charge in [-0.1, -0.05) is 22.7 Å². The van der Waals surface area contributed by atoms with Gasteiger partial charge in [0.15, 0.2) is 0 Å². The Morgan fingerprint density at radius 1 is 1.14 bits per heavy atom. The molecule has 1 amide bonds. The molecule has 0 bridgehead atoms. The molecule has 0 saturated heterocycles. The van der Waals surface area contributed by atoms with Gasteiger partial charge < -0.3 is 4.90 Å². The average molecular weight is 420 g/mol. The molecule has 0 saturated carbocycles. The van der Waals surface area contributed by atoms with E-state index in [1.165, 1.54) is 37.6 Å². The normalized spacial score (nSPS) is 13.0. The van der Waals surface area contributed by atoms with E-state index in [1.54, 1.807) is 24.1 Å². The fourth-order valence-electron chi connectivity index (χ4n) is 2.65. The number of carbonyl (C=O) groups excluding carboxylic acids is 1. The second-order valence-corrected chi connectivity index (χ2v) is 9.23. The Morgan fingerprint density at radius 2 is 1.86 bits per heavy atom. The van der Waals surface area contributed by atoms with Crippen LogP contribution in [0.2, 0.25) is 0 Å². The molecule has 1 heterocycles. The molecule has 1 aromatic heterocycles. The third-order valence-electron chi connectivity index (χ3n) is 4.54. The van der Waals surface area contributed by atoms with Crippen LogP contribution in [-0.2, 0) is 14.9 Å². The summed E-state index contributed by atoms with van der Waals surface area (Å²) in [5, 5.41) is 0.819. The summed E-state index contributed by atoms with van der Waals surface area (Å²) in [6.07, 6.45) is 0. The maximum atomic E-state index is 13.0. The Bertz CT molecular complexity index is 1080. The number of sulfonamides is 1. The highest BCUT2D eigenvalue weighted by molar-refractivity contribution is 7.89. The van der Waals surface area contributed by atoms with Crippen molar-refractivity contribution in [2.24, 2.45) is 0 Å². The Labute approximate surface area is 168 Å². The van der Waals surface area contributed by atoms with Crippen LogP contribution in [0, 0.1) is 0 Å². The van der Waals surface area contributed by atoms with Crippen LogP contribution in [0.5, 0.6) is 0 Å². The van der Waals surface area contributed by atoms with E-state index in [0.717, 1.165) is 19.7 Å². The zero-order valence-corrected chi connectivity index (χ0v) is 17.6. The fraction of sp³-hybridized carbons (Fsp3) is 0.263. The minimum absolute atomic E-state index is 0.0104. The number of hydrogen-bond acceptors (Lipinski definition) is 6. The van der Waals surface area contributed by atoms with Crippen LogP contribution >= 0.6 is 11.3 Å². The Balaban J connectivity index is 1.88. The van der Waals surface area contributed by atoms with E-state index in [9.17, 15) is 13.2 Å². The highest BCUT2D eigenvalue weighted by atomic mass is 32.2. The molecule has 0 aliphatic heterocycles. The SMILES string of the molecule is CON(C)S(=O)(=O)c1cccc(C(=O)N(C)[C@@H](C)c2nc3ccccc3s2)c1. The molecule has 0 N–H and O–H groups in total. The van der Waals surface area contributed by atoms with Gasteiger partial charge in [0.05, 0.1) is 28.3 Å². The molecule has 1 atom stereocenters. The molecular weight excluding hydrogens is 398 g/mol. The van der Waals surface area contributed by atoms with Crippen molar-refractivity contribution in [3.05, 3.63) is 59.1 Å². The summed E-state index contributed by atoms with van der Waals surface area (Å²) in [7, 11) is 0.412. The maximum absolute atomic E-state index is 13.0. The number of carbonyl (C=O) groups is 1. The van der Waals surface area contributed by atoms with Crippen molar-refractivity contribution in [3.8, 4) is 0 Å². The van der Waals surface area contributed by atoms with Crippen LogP contribution in [0.15, 0.2) is 53.4 Å². The van der Waals surface area contributed by atoms with Crippen LogP contribution < -0.4 is 0 Å². The summed E-state index contributed by atoms with van der Waals surface area (Å²) in [6.45, 7) is 1.90. The van der Waals surface area contributed by atoms with E-state index in [4.69, 9.17) is 4.84 Å². The van der Waals surface area contributed by atoms with Crippen LogP contribution in [0.3, 0.4) is 0 Å². The van der Waals surface area contributed by atoms with Crippen molar-refractivity contribution >= 4 is 37.5 Å². The van der Waals surface area contributed by atoms with Crippen LogP contribution in [0.25, 0.3) is 10.2 Å². The van der Waals surface area contributed by atoms with Gasteiger partial charge >= 0.3 is 0 Å². The van der Waals surface area contributed by atoms with Gasteiger partial charge in [-0.15, -0.1) is 11.3 Å². The Morgan fingerprint density at radius 3 is 2.54 bits per heavy atom. The molecule has 0 unspecified atom stereocenters. The molecule has 3 rings (SSSR count). The van der Waals surface area contributed by atoms with Gasteiger partial charge in [0.2, 0.25) is 0 Å². The van der Waals surface area contributed by atoms with Gasteiger partial charge in [0.25, 0.3) is 15.9 Å². The Hall–Kier alpha value is -2.33. The van der Waals surface area contributed by atoms with E-state index >= 15 is 0 Å². The molecule has 3 aromatic rings. The van der Waals surface area contributed by atoms with Gasteiger partial charge in [0, 0.05) is 19.7 Å². The van der Waals surface area contributed by atoms with Crippen LogP contribution in [0.1, 0.15) is 28.3 Å². The summed E-state index contributed by atoms with van der Waals surface area (Å²) in [5.41, 5.74) is 1.17. The van der Waals surface area contributed by atoms with E-state index < -0.39 is 10.0 Å². The third-order valence-corrected chi connectivity index (χ3v) is 7.43. The number of hydrogen-bond donors (Lipinski definition) is 0. The number of amides is 1. The van der Waals surface area contributed by atoms with Crippen molar-refractivity contribution in [1.29, 1.82) is 0 Å². The number of rotatable bonds is 6. The molecule has 0 fully saturated rings. The second kappa shape index (κ2) is 7.96. The van der Waals surface area contributed by atoms with Crippen LogP contribution in [0.4, 0.5) is 0 Å². The summed E-state index contributed by atoms with van der Waals surface area (Å²) >= 11 is 1.54. The first-order chi connectivity index (χ1) is 13.3. The highest BCUT2D eigenvalue weighted by Crippen LogP contribution is 2.29. The van der Waals surface area contributed by atoms with E-state index in [0.29, 0.717) is 0 Å². The number of hydroxylamine groups is 1. The lowest BCUT2D eigenvalue weighted by atomic mass is 10.2. The molecule has 0 radical (unpaired) electrons. The zero-order chi connectivity index (χ0) is 20.5. The minimum atomic E-state index is -3.83. The van der Waals surface area contributed by atoms with E-state index in [-0.39, 0.29) is 22.4 Å². The van der Waals surface area contributed by atoms with Gasteiger partial charge in [-0.2, -0.15) is 0 Å². The molecule has 0 aliphatic carbocycles. The van der Waals surface area contributed by atoms with E-state index in [2.05, 4.69) is 4.98 Å². The number of para-hydroxylation sites is 1. The lowest BCUT2D eigenvalue weighted by Gasteiger charge is -2.23. The molecule has 2 aromatic carbocycles. The van der Waals surface area contributed by atoms with Crippen molar-refractivity contribution in [3.63, 3.8) is 0 Å². The average Bonchev–Trinajstić information content (AvgIpc) is 3.15. The highest BCUT2D eigenvalue weighted by Gasteiger charge is 2.25. The minimum Gasteiger partial charge on any atom is -0.333 e. The summed E-state index contributed by atoms with van der Waals surface area (Å²) in [6, 6.07) is 13.5. The monoisotopic (exact) mass is 419 g/mol. The van der Waals surface area contributed by atoms with Gasteiger partial charge in [-0.3, -0.25) is 9.63 Å². The standard InChI is InChI=1S/C19H21N3O4S2/c1-13(18-20-16-10-5-6-11-17(16)27-18)21(2)19(23)14-8-7-9-15(12-14)28(24,25)22(3)26-4/h5-13H,1-4H3/t13-/m0/s1. The van der Waals surface area contributed by atoms with Gasteiger partial charge in [-0.25, -0.2) is 13.4 Å². The van der Waals surface area contributed by atoms with E-state index in [1.807, 2.05) is 31.2 Å². The molecule has 148 valence electrons. The first kappa shape index (κ1) is 20.4. The molecule has 28 heavy (non-hydrogen) atoms. The zero-order valence-electron chi connectivity index (χ0n) is 16.0. The number of nitrogens with zero attached hydrogens (tertiary/aromatic N) is 3. The maximum Gasteiger partial charge on any atom is 0.264 e. The predicted octanol–water partition coefficient (Wildman–Crippen LogP) is 3.31. The van der Waals surface area contributed by atoms with Crippen molar-refractivity contribution in [2.45, 2.75) is 17.9 Å². The molecular formula is C19H21N3O4S2. The smallest absolute Gasteiger partial charge is 0.264 e. The predicted molar refractivity (Wildman–Crippen MR) is 109 cm³/mol. The number of aromatic nitrogens is 1. The first-order valence-corrected chi connectivity index (χ1v) is 10.8. The van der Waals surface area contributed by atoms with Crippen molar-refractivity contribution in [1.82, 2.24) is 14.4 Å². The lowest BCUT2D eigenvalue weighted by Crippen LogP contribution is -2.30. The fourth-order valence-corrected chi connectivity index (χ4v) is 4.73. The quantitative estimate of drug-likeness (QED) is 0.573. The van der Waals surface area contributed by atoms with Gasteiger partial charge in [-0.05, 0) is 37.3 Å². The second-order valence-electron chi connectivity index (χ2n) is 6.24. The van der Waals surface area contributed by atoms with Crippen molar-refractivity contribution in [2.75, 3.05) is 21.2 Å². The molecule has 7 nitrogen and oxygen atoms in total. The molecule has 0 aliphatic rings. The number of thiazole rings is 1. The van der Waals surface area contributed by atoms with Crippen molar-refractivity contribution < 1.29 is 18.0 Å². The third kappa shape index (κ3) is 3.79. The van der Waals surface area contributed by atoms with Crippen LogP contribution in [-0.4, -0.2) is 49.9 Å². The topological polar surface area (TPSA) is 79.8 Å². The first-order valence-electron chi connectivity index (χ1n) is 8.51. The lowest BCUT2D eigenvalue weighted by molar-refractivity contribution is -0.0258. The largest absolute Gasteiger partial charge is 0.333 e. The Kier molecular flexibility index (Phi) is 5.80. The summed E-state index contributed by atoms with van der Waals surface area (Å²) < 4.78 is 26.7. The summed E-state index contributed by atoms with van der Waals surface area (Å²) in [4.78, 5) is 23.9. The number of fused-ring (bicyclic) bond motifs is 1. The molecule has 0 spiro atoms. The number of benzene rings is 2.